The smallest absolute Gasteiger partial charge is 0.211 e. The summed E-state index contributed by atoms with van der Waals surface area (Å²) in [6.07, 6.45) is 3.47. The van der Waals surface area contributed by atoms with Gasteiger partial charge in [-0.1, -0.05) is 53.8 Å². The van der Waals surface area contributed by atoms with Crippen molar-refractivity contribution in [1.29, 1.82) is 0 Å². The Balaban J connectivity index is 1.82. The Labute approximate surface area is 191 Å². The maximum absolute atomic E-state index is 16.2. The summed E-state index contributed by atoms with van der Waals surface area (Å²) < 4.78 is 17.0. The summed E-state index contributed by atoms with van der Waals surface area (Å²) in [7, 11) is 0. The van der Waals surface area contributed by atoms with Crippen LogP contribution >= 0.6 is 50.6 Å². The average molecular weight is 513 g/mol. The number of hydrogen-bond donors (Lipinski definition) is 2. The number of anilines is 2. The van der Waals surface area contributed by atoms with Gasteiger partial charge in [0.25, 0.3) is 0 Å². The monoisotopic (exact) mass is 511 g/mol. The van der Waals surface area contributed by atoms with E-state index in [1.807, 2.05) is 42.5 Å². The molecule has 0 radical (unpaired) electrons. The quantitative estimate of drug-likeness (QED) is 0.283. The summed E-state index contributed by atoms with van der Waals surface area (Å²) in [5, 5.41) is 6.42. The van der Waals surface area contributed by atoms with E-state index in [0.29, 0.717) is 22.3 Å². The van der Waals surface area contributed by atoms with Crippen LogP contribution in [0.1, 0.15) is 10.6 Å². The first-order valence-corrected chi connectivity index (χ1v) is 11.9. The third-order valence-electron chi connectivity index (χ3n) is 4.00. The van der Waals surface area contributed by atoms with E-state index >= 15 is 4.39 Å². The first kappa shape index (κ1) is 22.2. The molecule has 8 heteroatoms. The lowest BCUT2D eigenvalue weighted by Crippen LogP contribution is -2.22. The molecule has 0 amide bonds. The fraction of sp³-hybridized carbons (Fsp3) is 0.190. The highest BCUT2D eigenvalue weighted by Crippen LogP contribution is 2.44. The summed E-state index contributed by atoms with van der Waals surface area (Å²) in [6, 6.07) is 15.3. The molecule has 0 aliphatic carbocycles. The van der Waals surface area contributed by atoms with Crippen LogP contribution in [0.2, 0.25) is 5.02 Å². The fourth-order valence-electron chi connectivity index (χ4n) is 2.64. The van der Waals surface area contributed by atoms with Crippen molar-refractivity contribution < 1.29 is 4.39 Å². The fourth-order valence-corrected chi connectivity index (χ4v) is 5.20. The van der Waals surface area contributed by atoms with Crippen LogP contribution in [-0.2, 0) is 11.4 Å². The zero-order valence-electron chi connectivity index (χ0n) is 15.5. The lowest BCUT2D eigenvalue weighted by atomic mass is 10.1. The molecule has 1 aromatic heterocycles. The number of thiazole rings is 1. The molecule has 1 heterocycles. The van der Waals surface area contributed by atoms with Crippen LogP contribution in [0.4, 0.5) is 15.1 Å². The van der Waals surface area contributed by atoms with Gasteiger partial charge in [0.15, 0.2) is 0 Å². The van der Waals surface area contributed by atoms with E-state index in [4.69, 9.17) is 11.6 Å². The lowest BCUT2D eigenvalue weighted by molar-refractivity contribution is 0.292. The molecule has 0 saturated heterocycles. The Morgan fingerprint density at radius 1 is 1.28 bits per heavy atom. The molecule has 0 fully saturated rings. The van der Waals surface area contributed by atoms with E-state index in [1.165, 1.54) is 23.1 Å². The van der Waals surface area contributed by atoms with Gasteiger partial charge in [-0.25, -0.2) is 9.37 Å². The number of aromatic nitrogens is 1. The molecule has 2 aromatic carbocycles. The van der Waals surface area contributed by atoms with Gasteiger partial charge in [-0.2, -0.15) is 0 Å². The molecule has 0 bridgehead atoms. The van der Waals surface area contributed by atoms with Crippen molar-refractivity contribution in [3.63, 3.8) is 0 Å². The topological polar surface area (TPSA) is 37.0 Å². The van der Waals surface area contributed by atoms with Gasteiger partial charge < -0.3 is 10.6 Å². The SMILES string of the molecule is C=CNCCSC(F)(Cc1ccc(Br)c(Cl)c1)c1ncc(Nc2ccccc2)s1. The number of alkyl halides is 1. The molecule has 1 unspecified atom stereocenters. The maximum Gasteiger partial charge on any atom is 0.211 e. The number of hydrogen-bond acceptors (Lipinski definition) is 5. The maximum atomic E-state index is 16.2. The highest BCUT2D eigenvalue weighted by molar-refractivity contribution is 9.10. The largest absolute Gasteiger partial charge is 0.391 e. The van der Waals surface area contributed by atoms with Crippen LogP contribution in [0.15, 0.2) is 72.0 Å². The standard InChI is InChI=1S/C21H20BrClFN3S2/c1-2-25-10-11-28-21(24,13-15-8-9-17(22)18(23)12-15)20-26-14-19(29-20)27-16-6-4-3-5-7-16/h2-9,12,14,25,27H,1,10-11,13H2. The first-order valence-electron chi connectivity index (χ1n) is 8.89. The van der Waals surface area contributed by atoms with Crippen molar-refractivity contribution >= 4 is 61.3 Å². The summed E-state index contributed by atoms with van der Waals surface area (Å²) in [4.78, 5) is 4.40. The summed E-state index contributed by atoms with van der Waals surface area (Å²) >= 11 is 12.1. The van der Waals surface area contributed by atoms with Gasteiger partial charge in [-0.3, -0.25) is 0 Å². The molecule has 29 heavy (non-hydrogen) atoms. The molecular weight excluding hydrogens is 493 g/mol. The second-order valence-corrected chi connectivity index (χ2v) is 9.82. The number of nitrogens with one attached hydrogen (secondary N) is 2. The van der Waals surface area contributed by atoms with Crippen LogP contribution in [0.3, 0.4) is 0 Å². The van der Waals surface area contributed by atoms with Crippen molar-refractivity contribution in [3.8, 4) is 0 Å². The van der Waals surface area contributed by atoms with E-state index < -0.39 is 5.00 Å². The Morgan fingerprint density at radius 2 is 2.07 bits per heavy atom. The average Bonchev–Trinajstić information content (AvgIpc) is 3.18. The Morgan fingerprint density at radius 3 is 2.79 bits per heavy atom. The highest BCUT2D eigenvalue weighted by Gasteiger charge is 2.36. The van der Waals surface area contributed by atoms with Gasteiger partial charge in [0.1, 0.15) is 10.0 Å². The minimum atomic E-state index is -1.67. The Bertz CT molecular complexity index is 954. The number of halogens is 3. The van der Waals surface area contributed by atoms with E-state index in [1.54, 1.807) is 18.5 Å². The van der Waals surface area contributed by atoms with Gasteiger partial charge in [0.2, 0.25) is 5.00 Å². The number of nitrogens with zero attached hydrogens (tertiary/aromatic N) is 1. The summed E-state index contributed by atoms with van der Waals surface area (Å²) in [5.74, 6) is 0.577. The number of benzene rings is 2. The molecule has 0 aliphatic rings. The zero-order chi connectivity index (χ0) is 20.7. The Kier molecular flexibility index (Phi) is 8.00. The normalized spacial score (nSPS) is 12.9. The van der Waals surface area contributed by atoms with Crippen molar-refractivity contribution in [3.05, 3.63) is 87.6 Å². The molecule has 2 N–H and O–H groups in total. The first-order chi connectivity index (χ1) is 14.0. The van der Waals surface area contributed by atoms with Crippen molar-refractivity contribution in [2.24, 2.45) is 0 Å². The highest BCUT2D eigenvalue weighted by atomic mass is 79.9. The van der Waals surface area contributed by atoms with Gasteiger partial charge in [0.05, 0.1) is 11.2 Å². The lowest BCUT2D eigenvalue weighted by Gasteiger charge is -2.23. The molecule has 0 saturated carbocycles. The summed E-state index contributed by atoms with van der Waals surface area (Å²) in [6.45, 7) is 4.26. The third kappa shape index (κ3) is 6.22. The van der Waals surface area contributed by atoms with Crippen LogP contribution < -0.4 is 10.6 Å². The number of para-hydroxylation sites is 1. The number of thioether (sulfide) groups is 1. The van der Waals surface area contributed by atoms with Crippen LogP contribution in [0, 0.1) is 0 Å². The second-order valence-electron chi connectivity index (χ2n) is 6.18. The second kappa shape index (κ2) is 10.5. The van der Waals surface area contributed by atoms with Crippen LogP contribution in [0.25, 0.3) is 0 Å². The molecular formula is C21H20BrClFN3S2. The van der Waals surface area contributed by atoms with Gasteiger partial charge in [-0.05, 0) is 52.0 Å². The van der Waals surface area contributed by atoms with E-state index in [-0.39, 0.29) is 6.42 Å². The van der Waals surface area contributed by atoms with E-state index in [0.717, 1.165) is 20.7 Å². The molecule has 152 valence electrons. The van der Waals surface area contributed by atoms with Crippen LogP contribution in [0.5, 0.6) is 0 Å². The molecule has 1 atom stereocenters. The van der Waals surface area contributed by atoms with E-state index in [2.05, 4.69) is 38.1 Å². The van der Waals surface area contributed by atoms with Gasteiger partial charge in [-0.15, -0.1) is 11.8 Å². The van der Waals surface area contributed by atoms with Crippen LogP contribution in [-0.4, -0.2) is 17.3 Å². The molecule has 0 aliphatic heterocycles. The van der Waals surface area contributed by atoms with Crippen molar-refractivity contribution in [2.45, 2.75) is 11.4 Å². The van der Waals surface area contributed by atoms with Crippen molar-refractivity contribution in [1.82, 2.24) is 10.3 Å². The Hall–Kier alpha value is -1.54. The minimum Gasteiger partial charge on any atom is -0.391 e. The predicted octanol–water partition coefficient (Wildman–Crippen LogP) is 7.13. The minimum absolute atomic E-state index is 0.178. The summed E-state index contributed by atoms with van der Waals surface area (Å²) in [5.41, 5.74) is 1.76. The predicted molar refractivity (Wildman–Crippen MR) is 128 cm³/mol. The van der Waals surface area contributed by atoms with E-state index in [9.17, 15) is 0 Å². The molecule has 0 spiro atoms. The third-order valence-corrected chi connectivity index (χ3v) is 7.62. The molecule has 3 rings (SSSR count). The van der Waals surface area contributed by atoms with Gasteiger partial charge >= 0.3 is 0 Å². The molecule has 3 aromatic rings. The zero-order valence-corrected chi connectivity index (χ0v) is 19.5. The van der Waals surface area contributed by atoms with Crippen molar-refractivity contribution in [2.75, 3.05) is 17.6 Å². The number of rotatable bonds is 10. The van der Waals surface area contributed by atoms with Gasteiger partial charge in [0, 0.05) is 28.9 Å². The molecule has 3 nitrogen and oxygen atoms in total.